The van der Waals surface area contributed by atoms with Gasteiger partial charge in [-0.2, -0.15) is 16.4 Å². The quantitative estimate of drug-likeness (QED) is 0.717. The van der Waals surface area contributed by atoms with E-state index in [1.54, 1.807) is 28.3 Å². The van der Waals surface area contributed by atoms with E-state index in [0.717, 1.165) is 16.8 Å². The van der Waals surface area contributed by atoms with Crippen molar-refractivity contribution in [2.24, 2.45) is 7.05 Å². The van der Waals surface area contributed by atoms with Gasteiger partial charge in [-0.3, -0.25) is 14.3 Å². The van der Waals surface area contributed by atoms with Gasteiger partial charge in [0.15, 0.2) is 11.5 Å². The Morgan fingerprint density at radius 3 is 3.04 bits per heavy atom. The predicted molar refractivity (Wildman–Crippen MR) is 99.1 cm³/mol. The van der Waals surface area contributed by atoms with Crippen molar-refractivity contribution in [1.82, 2.24) is 25.6 Å². The lowest BCUT2D eigenvalue weighted by molar-refractivity contribution is -0.123. The number of thiophene rings is 1. The van der Waals surface area contributed by atoms with E-state index in [-0.39, 0.29) is 29.6 Å². The van der Waals surface area contributed by atoms with Crippen molar-refractivity contribution < 1.29 is 14.1 Å². The van der Waals surface area contributed by atoms with Gasteiger partial charge in [0.25, 0.3) is 5.91 Å². The molecule has 9 heteroatoms. The minimum Gasteiger partial charge on any atom is -0.355 e. The Morgan fingerprint density at radius 1 is 1.48 bits per heavy atom. The van der Waals surface area contributed by atoms with Crippen molar-refractivity contribution in [2.75, 3.05) is 0 Å². The van der Waals surface area contributed by atoms with Gasteiger partial charge in [-0.1, -0.05) is 5.16 Å². The third-order valence-corrected chi connectivity index (χ3v) is 5.57. The Morgan fingerprint density at radius 2 is 2.33 bits per heavy atom. The van der Waals surface area contributed by atoms with Crippen molar-refractivity contribution in [3.63, 3.8) is 0 Å². The number of amides is 2. The number of hydrogen-bond donors (Lipinski definition) is 2. The largest absolute Gasteiger partial charge is 0.355 e. The van der Waals surface area contributed by atoms with Crippen LogP contribution in [0, 0.1) is 6.92 Å². The first-order chi connectivity index (χ1) is 13.0. The van der Waals surface area contributed by atoms with Crippen LogP contribution in [0.15, 0.2) is 33.6 Å². The van der Waals surface area contributed by atoms with Gasteiger partial charge in [-0.25, -0.2) is 0 Å². The molecule has 1 aliphatic rings. The molecule has 4 heterocycles. The molecule has 0 bridgehead atoms. The molecule has 0 radical (unpaired) electrons. The maximum atomic E-state index is 12.7. The molecule has 1 saturated heterocycles. The van der Waals surface area contributed by atoms with Crippen LogP contribution in [-0.2, 0) is 11.8 Å². The first kappa shape index (κ1) is 17.5. The third-order valence-electron chi connectivity index (χ3n) is 4.86. The van der Waals surface area contributed by atoms with Crippen LogP contribution in [0.4, 0.5) is 0 Å². The number of rotatable bonds is 4. The van der Waals surface area contributed by atoms with Crippen molar-refractivity contribution in [3.8, 4) is 11.3 Å². The Labute approximate surface area is 159 Å². The number of piperidine rings is 1. The highest BCUT2D eigenvalue weighted by atomic mass is 32.1. The predicted octanol–water partition coefficient (Wildman–Crippen LogP) is 2.19. The summed E-state index contributed by atoms with van der Waals surface area (Å²) in [6.07, 6.45) is 2.63. The normalized spacial score (nSPS) is 19.7. The molecule has 2 amide bonds. The molecule has 1 aliphatic heterocycles. The van der Waals surface area contributed by atoms with E-state index >= 15 is 0 Å². The average molecular weight is 385 g/mol. The molecule has 0 saturated carbocycles. The van der Waals surface area contributed by atoms with Gasteiger partial charge in [0.05, 0.1) is 23.8 Å². The SMILES string of the molecule is Cc1c(-c2cc(C(=O)N[C@@H]3CCC(=O)N[C@H]3c3ccsc3)no2)cnn1C. The Kier molecular flexibility index (Phi) is 4.53. The second-order valence-electron chi connectivity index (χ2n) is 6.56. The molecular formula is C18H19N5O3S. The van der Waals surface area contributed by atoms with Gasteiger partial charge in [0.1, 0.15) is 0 Å². The summed E-state index contributed by atoms with van der Waals surface area (Å²) < 4.78 is 7.07. The number of hydrogen-bond acceptors (Lipinski definition) is 6. The first-order valence-corrected chi connectivity index (χ1v) is 9.55. The number of carbonyl (C=O) groups is 2. The smallest absolute Gasteiger partial charge is 0.273 e. The lowest BCUT2D eigenvalue weighted by Gasteiger charge is -2.32. The summed E-state index contributed by atoms with van der Waals surface area (Å²) in [5.41, 5.74) is 2.91. The van der Waals surface area contributed by atoms with Crippen LogP contribution in [0.3, 0.4) is 0 Å². The summed E-state index contributed by atoms with van der Waals surface area (Å²) in [5.74, 6) is 0.164. The van der Waals surface area contributed by atoms with Crippen molar-refractivity contribution in [2.45, 2.75) is 31.8 Å². The highest BCUT2D eigenvalue weighted by Crippen LogP contribution is 2.27. The molecule has 0 unspecified atom stereocenters. The third kappa shape index (κ3) is 3.37. The van der Waals surface area contributed by atoms with Crippen molar-refractivity contribution >= 4 is 23.2 Å². The van der Waals surface area contributed by atoms with E-state index in [0.29, 0.717) is 18.6 Å². The topological polar surface area (TPSA) is 102 Å². The summed E-state index contributed by atoms with van der Waals surface area (Å²) in [7, 11) is 1.84. The highest BCUT2D eigenvalue weighted by Gasteiger charge is 2.32. The van der Waals surface area contributed by atoms with Crippen LogP contribution < -0.4 is 10.6 Å². The van der Waals surface area contributed by atoms with E-state index in [1.807, 2.05) is 30.8 Å². The van der Waals surface area contributed by atoms with E-state index in [1.165, 1.54) is 0 Å². The van der Waals surface area contributed by atoms with Gasteiger partial charge in [0.2, 0.25) is 5.91 Å². The van der Waals surface area contributed by atoms with Crippen molar-refractivity contribution in [3.05, 3.63) is 46.0 Å². The minimum absolute atomic E-state index is 0.00697. The summed E-state index contributed by atoms with van der Waals surface area (Å²) in [6, 6.07) is 3.12. The zero-order chi connectivity index (χ0) is 19.0. The standard InChI is InChI=1S/C18H19N5O3S/c1-10-12(8-19-23(10)2)15-7-14(22-26-15)18(25)20-13-3-4-16(24)21-17(13)11-5-6-27-9-11/h5-9,13,17H,3-4H2,1-2H3,(H,20,25)(H,21,24)/t13-,17+/m1/s1. The molecular weight excluding hydrogens is 366 g/mol. The van der Waals surface area contributed by atoms with E-state index in [4.69, 9.17) is 4.52 Å². The average Bonchev–Trinajstić information content (AvgIpc) is 3.39. The minimum atomic E-state index is -0.326. The van der Waals surface area contributed by atoms with Crippen LogP contribution in [0.5, 0.6) is 0 Å². The van der Waals surface area contributed by atoms with Crippen LogP contribution in [-0.4, -0.2) is 32.8 Å². The zero-order valence-corrected chi connectivity index (χ0v) is 15.7. The highest BCUT2D eigenvalue weighted by molar-refractivity contribution is 7.08. The maximum Gasteiger partial charge on any atom is 0.273 e. The molecule has 0 aliphatic carbocycles. The second kappa shape index (κ2) is 6.99. The lowest BCUT2D eigenvalue weighted by Crippen LogP contribution is -2.50. The van der Waals surface area contributed by atoms with Gasteiger partial charge >= 0.3 is 0 Å². The molecule has 27 heavy (non-hydrogen) atoms. The van der Waals surface area contributed by atoms with E-state index in [2.05, 4.69) is 20.9 Å². The fourth-order valence-electron chi connectivity index (χ4n) is 3.21. The fraction of sp³-hybridized carbons (Fsp3) is 0.333. The first-order valence-electron chi connectivity index (χ1n) is 8.61. The fourth-order valence-corrected chi connectivity index (χ4v) is 3.91. The molecule has 2 N–H and O–H groups in total. The van der Waals surface area contributed by atoms with Gasteiger partial charge in [0, 0.05) is 25.2 Å². The van der Waals surface area contributed by atoms with Crippen LogP contribution in [0.1, 0.15) is 40.6 Å². The van der Waals surface area contributed by atoms with Gasteiger partial charge < -0.3 is 15.2 Å². The molecule has 1 fully saturated rings. The monoisotopic (exact) mass is 385 g/mol. The maximum absolute atomic E-state index is 12.7. The Balaban J connectivity index is 1.51. The molecule has 8 nitrogen and oxygen atoms in total. The second-order valence-corrected chi connectivity index (χ2v) is 7.34. The van der Waals surface area contributed by atoms with Crippen molar-refractivity contribution in [1.29, 1.82) is 0 Å². The zero-order valence-electron chi connectivity index (χ0n) is 14.9. The molecule has 0 spiro atoms. The summed E-state index contributed by atoms with van der Waals surface area (Å²) >= 11 is 1.56. The van der Waals surface area contributed by atoms with Crippen LogP contribution in [0.25, 0.3) is 11.3 Å². The number of aryl methyl sites for hydroxylation is 1. The Bertz CT molecular complexity index is 975. The van der Waals surface area contributed by atoms with Gasteiger partial charge in [-0.05, 0) is 35.7 Å². The molecule has 0 aromatic carbocycles. The van der Waals surface area contributed by atoms with E-state index in [9.17, 15) is 9.59 Å². The summed E-state index contributed by atoms with van der Waals surface area (Å²) in [4.78, 5) is 24.5. The van der Waals surface area contributed by atoms with Crippen LogP contribution in [0.2, 0.25) is 0 Å². The molecule has 3 aromatic heterocycles. The summed E-state index contributed by atoms with van der Waals surface area (Å²) in [6.45, 7) is 1.92. The number of nitrogens with one attached hydrogen (secondary N) is 2. The molecule has 2 atom stereocenters. The number of nitrogens with zero attached hydrogens (tertiary/aromatic N) is 3. The molecule has 140 valence electrons. The molecule has 3 aromatic rings. The number of carbonyl (C=O) groups excluding carboxylic acids is 2. The Hall–Kier alpha value is -2.94. The van der Waals surface area contributed by atoms with Gasteiger partial charge in [-0.15, -0.1) is 0 Å². The summed E-state index contributed by atoms with van der Waals surface area (Å²) in [5, 5.41) is 18.0. The lowest BCUT2D eigenvalue weighted by atomic mass is 9.93. The van der Waals surface area contributed by atoms with Crippen LogP contribution >= 0.6 is 11.3 Å². The number of aromatic nitrogens is 3. The van der Waals surface area contributed by atoms with E-state index < -0.39 is 0 Å². The molecule has 4 rings (SSSR count).